The Bertz CT molecular complexity index is 959. The molecule has 0 aromatic rings. The summed E-state index contributed by atoms with van der Waals surface area (Å²) in [6, 6.07) is -0.543. The fraction of sp³-hybridized carbons (Fsp3) is 0.967. The molecule has 0 heterocycles. The fourth-order valence-corrected chi connectivity index (χ4v) is 9.94. The first-order valence-electron chi connectivity index (χ1n) is 30.8. The predicted molar refractivity (Wildman–Crippen MR) is 292 cm³/mol. The number of esters is 1. The molecule has 0 radical (unpaired) electrons. The van der Waals surface area contributed by atoms with Gasteiger partial charge in [-0.3, -0.25) is 9.59 Å². The van der Waals surface area contributed by atoms with Crippen LogP contribution in [0.4, 0.5) is 0 Å². The van der Waals surface area contributed by atoms with Crippen LogP contribution in [0, 0.1) is 0 Å². The lowest BCUT2D eigenvalue weighted by Gasteiger charge is -2.22. The molecule has 1 amide bonds. The molecular weight excluding hydrogens is 827 g/mol. The van der Waals surface area contributed by atoms with Crippen LogP contribution in [0.1, 0.15) is 354 Å². The highest BCUT2D eigenvalue weighted by molar-refractivity contribution is 5.76. The van der Waals surface area contributed by atoms with Crippen LogP contribution in [0.25, 0.3) is 0 Å². The minimum absolute atomic E-state index is 0.0108. The molecule has 0 aliphatic carbocycles. The van der Waals surface area contributed by atoms with Gasteiger partial charge in [0.1, 0.15) is 0 Å². The molecule has 0 aromatic carbocycles. The number of rotatable bonds is 58. The molecule has 0 fully saturated rings. The van der Waals surface area contributed by atoms with Gasteiger partial charge in [-0.25, -0.2) is 0 Å². The van der Waals surface area contributed by atoms with Crippen molar-refractivity contribution in [2.45, 2.75) is 366 Å². The SMILES string of the molecule is CCCCCCCCCCCCCCCCCCCCC(O)C(CO)NC(=O)CCCCCCCCCCCCCCCCCCCCOC(=O)CCCCCCCCCCCCCCCC. The summed E-state index contributed by atoms with van der Waals surface area (Å²) in [5.41, 5.74) is 0. The van der Waals surface area contributed by atoms with Gasteiger partial charge in [0.2, 0.25) is 5.91 Å². The third-order valence-electron chi connectivity index (χ3n) is 14.7. The molecule has 0 rings (SSSR count). The molecule has 67 heavy (non-hydrogen) atoms. The Morgan fingerprint density at radius 2 is 0.612 bits per heavy atom. The van der Waals surface area contributed by atoms with Gasteiger partial charge in [-0.15, -0.1) is 0 Å². The molecule has 0 saturated carbocycles. The summed E-state index contributed by atoms with van der Waals surface area (Å²) in [6.45, 7) is 4.98. The average molecular weight is 949 g/mol. The van der Waals surface area contributed by atoms with Crippen molar-refractivity contribution in [3.8, 4) is 0 Å². The van der Waals surface area contributed by atoms with Crippen LogP contribution in [0.2, 0.25) is 0 Å². The molecule has 400 valence electrons. The fourth-order valence-electron chi connectivity index (χ4n) is 9.94. The third-order valence-corrected chi connectivity index (χ3v) is 14.7. The summed E-state index contributed by atoms with van der Waals surface area (Å²) in [6.07, 6.45) is 66.7. The van der Waals surface area contributed by atoms with Crippen molar-refractivity contribution >= 4 is 11.9 Å². The van der Waals surface area contributed by atoms with E-state index < -0.39 is 12.1 Å². The van der Waals surface area contributed by atoms with Crippen molar-refractivity contribution in [3.05, 3.63) is 0 Å². The van der Waals surface area contributed by atoms with Gasteiger partial charge in [0, 0.05) is 12.8 Å². The lowest BCUT2D eigenvalue weighted by Crippen LogP contribution is -2.45. The Balaban J connectivity index is 3.39. The van der Waals surface area contributed by atoms with Gasteiger partial charge < -0.3 is 20.3 Å². The van der Waals surface area contributed by atoms with E-state index in [9.17, 15) is 19.8 Å². The molecule has 0 aliphatic heterocycles. The Hall–Kier alpha value is -1.14. The van der Waals surface area contributed by atoms with E-state index in [2.05, 4.69) is 19.2 Å². The maximum atomic E-state index is 12.5. The van der Waals surface area contributed by atoms with E-state index in [1.807, 2.05) is 0 Å². The maximum Gasteiger partial charge on any atom is 0.305 e. The molecule has 3 N–H and O–H groups in total. The van der Waals surface area contributed by atoms with Crippen molar-refractivity contribution in [2.24, 2.45) is 0 Å². The second-order valence-corrected chi connectivity index (χ2v) is 21.4. The van der Waals surface area contributed by atoms with Crippen LogP contribution < -0.4 is 5.32 Å². The number of nitrogens with one attached hydrogen (secondary N) is 1. The topological polar surface area (TPSA) is 95.9 Å². The average Bonchev–Trinajstić information content (AvgIpc) is 3.33. The number of aliphatic hydroxyl groups excluding tert-OH is 2. The minimum atomic E-state index is -0.666. The number of carbonyl (C=O) groups excluding carboxylic acids is 2. The van der Waals surface area contributed by atoms with E-state index in [-0.39, 0.29) is 18.5 Å². The summed E-state index contributed by atoms with van der Waals surface area (Å²) >= 11 is 0. The van der Waals surface area contributed by atoms with E-state index in [0.29, 0.717) is 25.9 Å². The Morgan fingerprint density at radius 1 is 0.358 bits per heavy atom. The first kappa shape index (κ1) is 65.9. The van der Waals surface area contributed by atoms with Gasteiger partial charge in [0.05, 0.1) is 25.4 Å². The molecule has 0 aromatic heterocycles. The first-order valence-corrected chi connectivity index (χ1v) is 30.8. The number of carbonyl (C=O) groups is 2. The van der Waals surface area contributed by atoms with Gasteiger partial charge >= 0.3 is 5.97 Å². The molecule has 2 unspecified atom stereocenters. The van der Waals surface area contributed by atoms with Gasteiger partial charge in [-0.05, 0) is 25.7 Å². The number of unbranched alkanes of at least 4 members (excludes halogenated alkanes) is 47. The standard InChI is InChI=1S/C61H121NO5/c1-3-5-7-9-11-13-15-17-19-20-23-26-29-33-37-41-45-49-53-59(64)58(57-63)62-60(65)54-50-46-42-38-34-30-27-24-21-22-25-28-32-36-40-44-48-52-56-67-61(66)55-51-47-43-39-35-31-18-16-14-12-10-8-6-4-2/h58-59,63-64H,3-57H2,1-2H3,(H,62,65). The zero-order valence-corrected chi connectivity index (χ0v) is 45.7. The van der Waals surface area contributed by atoms with E-state index in [1.165, 1.54) is 283 Å². The van der Waals surface area contributed by atoms with Gasteiger partial charge in [-0.1, -0.05) is 316 Å². The Morgan fingerprint density at radius 3 is 0.910 bits per heavy atom. The summed E-state index contributed by atoms with van der Waals surface area (Å²) in [5, 5.41) is 23.3. The second kappa shape index (κ2) is 57.4. The molecule has 6 heteroatoms. The van der Waals surface area contributed by atoms with Gasteiger partial charge in [0.25, 0.3) is 0 Å². The van der Waals surface area contributed by atoms with Crippen LogP contribution in [0.5, 0.6) is 0 Å². The minimum Gasteiger partial charge on any atom is -0.466 e. The molecule has 0 aliphatic rings. The van der Waals surface area contributed by atoms with Gasteiger partial charge in [-0.2, -0.15) is 0 Å². The molecule has 0 spiro atoms. The van der Waals surface area contributed by atoms with Crippen LogP contribution >= 0.6 is 0 Å². The van der Waals surface area contributed by atoms with Crippen molar-refractivity contribution in [1.29, 1.82) is 0 Å². The first-order chi connectivity index (χ1) is 33.0. The molecular formula is C61H121NO5. The number of hydrogen-bond donors (Lipinski definition) is 3. The quantitative estimate of drug-likeness (QED) is 0.0417. The summed E-state index contributed by atoms with van der Waals surface area (Å²) in [4.78, 5) is 24.6. The van der Waals surface area contributed by atoms with Crippen LogP contribution in [-0.2, 0) is 14.3 Å². The predicted octanol–water partition coefficient (Wildman–Crippen LogP) is 19.1. The van der Waals surface area contributed by atoms with Crippen LogP contribution in [0.3, 0.4) is 0 Å². The zero-order valence-electron chi connectivity index (χ0n) is 45.7. The normalized spacial score (nSPS) is 12.5. The van der Waals surface area contributed by atoms with Crippen molar-refractivity contribution in [2.75, 3.05) is 13.2 Å². The summed E-state index contributed by atoms with van der Waals surface area (Å²) in [7, 11) is 0. The lowest BCUT2D eigenvalue weighted by molar-refractivity contribution is -0.143. The summed E-state index contributed by atoms with van der Waals surface area (Å²) < 4.78 is 5.48. The summed E-state index contributed by atoms with van der Waals surface area (Å²) in [5.74, 6) is -0.0241. The van der Waals surface area contributed by atoms with Crippen molar-refractivity contribution < 1.29 is 24.5 Å². The zero-order chi connectivity index (χ0) is 48.6. The third kappa shape index (κ3) is 54.0. The number of hydrogen-bond acceptors (Lipinski definition) is 5. The lowest BCUT2D eigenvalue weighted by atomic mass is 10.0. The van der Waals surface area contributed by atoms with Crippen molar-refractivity contribution in [1.82, 2.24) is 5.32 Å². The van der Waals surface area contributed by atoms with E-state index >= 15 is 0 Å². The highest BCUT2D eigenvalue weighted by Gasteiger charge is 2.20. The smallest absolute Gasteiger partial charge is 0.305 e. The number of amides is 1. The van der Waals surface area contributed by atoms with Gasteiger partial charge in [0.15, 0.2) is 0 Å². The Labute approximate surface area is 419 Å². The monoisotopic (exact) mass is 948 g/mol. The molecule has 6 nitrogen and oxygen atoms in total. The molecule has 2 atom stereocenters. The van der Waals surface area contributed by atoms with Crippen LogP contribution in [0.15, 0.2) is 0 Å². The maximum absolute atomic E-state index is 12.5. The Kier molecular flexibility index (Phi) is 56.5. The van der Waals surface area contributed by atoms with E-state index in [4.69, 9.17) is 4.74 Å². The number of aliphatic hydroxyl groups is 2. The van der Waals surface area contributed by atoms with Crippen molar-refractivity contribution in [3.63, 3.8) is 0 Å². The van der Waals surface area contributed by atoms with E-state index in [1.54, 1.807) is 0 Å². The largest absolute Gasteiger partial charge is 0.466 e. The highest BCUT2D eigenvalue weighted by Crippen LogP contribution is 2.18. The number of ether oxygens (including phenoxy) is 1. The van der Waals surface area contributed by atoms with Crippen LogP contribution in [-0.4, -0.2) is 47.4 Å². The highest BCUT2D eigenvalue weighted by atomic mass is 16.5. The van der Waals surface area contributed by atoms with E-state index in [0.717, 1.165) is 38.5 Å². The second-order valence-electron chi connectivity index (χ2n) is 21.4. The molecule has 0 bridgehead atoms. The molecule has 0 saturated heterocycles.